The minimum absolute atomic E-state index is 0.0406. The Morgan fingerprint density at radius 2 is 1.71 bits per heavy atom. The molecule has 3 aromatic rings. The van der Waals surface area contributed by atoms with Crippen molar-refractivity contribution >= 4 is 49.7 Å². The number of hydrogen-bond donors (Lipinski definition) is 3. The molecule has 9 heteroatoms. The smallest absolute Gasteiger partial charge is 0.305 e. The monoisotopic (exact) mass is 479 g/mol. The Hall–Kier alpha value is -4.03. The van der Waals surface area contributed by atoms with Crippen molar-refractivity contribution in [1.82, 2.24) is 0 Å². The number of terminal acetylenes is 1. The molecule has 0 radical (unpaired) electrons. The number of nitrogens with one attached hydrogen (secondary N) is 2. The van der Waals surface area contributed by atoms with E-state index in [0.717, 1.165) is 5.39 Å². The molecule has 0 fully saturated rings. The average molecular weight is 480 g/mol. The van der Waals surface area contributed by atoms with Crippen LogP contribution in [0.3, 0.4) is 0 Å². The van der Waals surface area contributed by atoms with Gasteiger partial charge < -0.3 is 15.3 Å². The van der Waals surface area contributed by atoms with Crippen molar-refractivity contribution < 1.29 is 23.1 Å². The standard InChI is InChI=1S/C25H25N3O5S/c1-4-15-28(17(2)16-25(30)31)24-14-13-23(21-7-5-6-8-22(21)24)27-34(32,33)20-11-9-19(10-12-20)26-18(3)29/h1,5-14,17,27H,15-16H2,2-3H3,(H,26,29)(H,30,31)/t17-/m0/s1. The number of anilines is 3. The quantitative estimate of drug-likeness (QED) is 0.401. The van der Waals surface area contributed by atoms with E-state index >= 15 is 0 Å². The lowest BCUT2D eigenvalue weighted by Gasteiger charge is -2.30. The van der Waals surface area contributed by atoms with Gasteiger partial charge in [-0.15, -0.1) is 6.42 Å². The summed E-state index contributed by atoms with van der Waals surface area (Å²) in [4.78, 5) is 24.3. The van der Waals surface area contributed by atoms with Crippen LogP contribution in [0.5, 0.6) is 0 Å². The number of amides is 1. The van der Waals surface area contributed by atoms with Crippen LogP contribution in [0.1, 0.15) is 20.3 Å². The molecule has 0 unspecified atom stereocenters. The molecule has 1 amide bonds. The number of carboxylic acids is 1. The Morgan fingerprint density at radius 1 is 1.06 bits per heavy atom. The molecule has 0 aromatic heterocycles. The Kier molecular flexibility index (Phi) is 7.44. The van der Waals surface area contributed by atoms with E-state index in [2.05, 4.69) is 16.0 Å². The summed E-state index contributed by atoms with van der Waals surface area (Å²) in [5.41, 5.74) is 1.58. The number of sulfonamides is 1. The Bertz CT molecular complexity index is 1360. The summed E-state index contributed by atoms with van der Waals surface area (Å²) in [5, 5.41) is 13.2. The molecule has 3 N–H and O–H groups in total. The van der Waals surface area contributed by atoms with Crippen molar-refractivity contribution in [2.75, 3.05) is 21.5 Å². The highest BCUT2D eigenvalue weighted by Gasteiger charge is 2.21. The number of fused-ring (bicyclic) bond motifs is 1. The van der Waals surface area contributed by atoms with Crippen LogP contribution < -0.4 is 14.9 Å². The van der Waals surface area contributed by atoms with Gasteiger partial charge in [0.25, 0.3) is 10.0 Å². The van der Waals surface area contributed by atoms with Gasteiger partial charge in [0.2, 0.25) is 5.91 Å². The number of carboxylic acid groups (broad SMARTS) is 1. The normalized spacial score (nSPS) is 11.9. The number of benzene rings is 3. The Labute approximate surface area is 198 Å². The van der Waals surface area contributed by atoms with Gasteiger partial charge in [0.15, 0.2) is 0 Å². The van der Waals surface area contributed by atoms with Crippen molar-refractivity contribution in [1.29, 1.82) is 0 Å². The summed E-state index contributed by atoms with van der Waals surface area (Å²) in [5.74, 6) is 1.38. The first kappa shape index (κ1) is 24.6. The van der Waals surface area contributed by atoms with E-state index < -0.39 is 16.0 Å². The first-order valence-corrected chi connectivity index (χ1v) is 11.9. The summed E-state index contributed by atoms with van der Waals surface area (Å²) < 4.78 is 28.7. The molecule has 0 spiro atoms. The van der Waals surface area contributed by atoms with Crippen LogP contribution in [0.4, 0.5) is 17.1 Å². The molecule has 3 rings (SSSR count). The molecule has 3 aromatic carbocycles. The third-order valence-electron chi connectivity index (χ3n) is 5.20. The zero-order valence-electron chi connectivity index (χ0n) is 18.8. The number of aliphatic carboxylic acids is 1. The Morgan fingerprint density at radius 3 is 2.29 bits per heavy atom. The second kappa shape index (κ2) is 10.3. The lowest BCUT2D eigenvalue weighted by molar-refractivity contribution is -0.137. The number of nitrogens with zero attached hydrogens (tertiary/aromatic N) is 1. The van der Waals surface area contributed by atoms with Gasteiger partial charge >= 0.3 is 5.97 Å². The van der Waals surface area contributed by atoms with E-state index in [1.54, 1.807) is 31.2 Å². The van der Waals surface area contributed by atoms with Crippen molar-refractivity contribution in [2.45, 2.75) is 31.2 Å². The van der Waals surface area contributed by atoms with Gasteiger partial charge in [-0.1, -0.05) is 30.2 Å². The van der Waals surface area contributed by atoms with Gasteiger partial charge in [-0.05, 0) is 43.3 Å². The van der Waals surface area contributed by atoms with Gasteiger partial charge in [0, 0.05) is 35.1 Å². The van der Waals surface area contributed by atoms with Crippen LogP contribution in [-0.2, 0) is 19.6 Å². The second-order valence-corrected chi connectivity index (χ2v) is 9.45. The molecule has 0 bridgehead atoms. The first-order chi connectivity index (χ1) is 16.1. The molecule has 176 valence electrons. The minimum atomic E-state index is -3.91. The highest BCUT2D eigenvalue weighted by atomic mass is 32.2. The topological polar surface area (TPSA) is 116 Å². The van der Waals surface area contributed by atoms with E-state index in [1.807, 2.05) is 17.0 Å². The summed E-state index contributed by atoms with van der Waals surface area (Å²) in [6, 6.07) is 16.1. The van der Waals surface area contributed by atoms with Crippen LogP contribution in [0.15, 0.2) is 65.6 Å². The molecule has 0 aliphatic heterocycles. The lowest BCUT2D eigenvalue weighted by atomic mass is 10.0. The van der Waals surface area contributed by atoms with E-state index in [-0.39, 0.29) is 29.8 Å². The fourth-order valence-electron chi connectivity index (χ4n) is 3.69. The van der Waals surface area contributed by atoms with Crippen molar-refractivity contribution in [3.05, 3.63) is 60.7 Å². The van der Waals surface area contributed by atoms with Gasteiger partial charge in [-0.2, -0.15) is 0 Å². The maximum atomic E-state index is 13.0. The average Bonchev–Trinajstić information content (AvgIpc) is 2.77. The summed E-state index contributed by atoms with van der Waals surface area (Å²) in [6.07, 6.45) is 5.44. The van der Waals surface area contributed by atoms with Crippen LogP contribution in [-0.4, -0.2) is 38.0 Å². The maximum Gasteiger partial charge on any atom is 0.305 e. The molecule has 0 aliphatic carbocycles. The molecular formula is C25H25N3O5S. The number of carbonyl (C=O) groups is 2. The van der Waals surface area contributed by atoms with Gasteiger partial charge in [-0.3, -0.25) is 14.3 Å². The SMILES string of the molecule is C#CCN(c1ccc(NS(=O)(=O)c2ccc(NC(C)=O)cc2)c2ccccc12)[C@@H](C)CC(=O)O. The summed E-state index contributed by atoms with van der Waals surface area (Å²) >= 11 is 0. The van der Waals surface area contributed by atoms with Crippen LogP contribution >= 0.6 is 0 Å². The predicted molar refractivity (Wildman–Crippen MR) is 133 cm³/mol. The lowest BCUT2D eigenvalue weighted by Crippen LogP contribution is -2.35. The van der Waals surface area contributed by atoms with Gasteiger partial charge in [0.1, 0.15) is 0 Å². The molecular weight excluding hydrogens is 454 g/mol. The fourth-order valence-corrected chi connectivity index (χ4v) is 4.77. The summed E-state index contributed by atoms with van der Waals surface area (Å²) in [7, 11) is -3.91. The predicted octanol–water partition coefficient (Wildman–Crippen LogP) is 3.90. The van der Waals surface area contributed by atoms with Crippen molar-refractivity contribution in [3.8, 4) is 12.3 Å². The van der Waals surface area contributed by atoms with Gasteiger partial charge in [-0.25, -0.2) is 8.42 Å². The van der Waals surface area contributed by atoms with Crippen LogP contribution in [0, 0.1) is 12.3 Å². The van der Waals surface area contributed by atoms with Gasteiger partial charge in [0.05, 0.1) is 23.5 Å². The van der Waals surface area contributed by atoms with E-state index in [9.17, 15) is 23.1 Å². The van der Waals surface area contributed by atoms with Crippen molar-refractivity contribution in [2.24, 2.45) is 0 Å². The third kappa shape index (κ3) is 5.66. The minimum Gasteiger partial charge on any atom is -0.481 e. The zero-order valence-corrected chi connectivity index (χ0v) is 19.6. The molecule has 8 nitrogen and oxygen atoms in total. The molecule has 0 saturated heterocycles. The maximum absolute atomic E-state index is 13.0. The zero-order chi connectivity index (χ0) is 24.9. The third-order valence-corrected chi connectivity index (χ3v) is 6.58. The van der Waals surface area contributed by atoms with E-state index in [1.165, 1.54) is 31.2 Å². The fraction of sp³-hybridized carbons (Fsp3) is 0.200. The Balaban J connectivity index is 1.99. The van der Waals surface area contributed by atoms with E-state index in [0.29, 0.717) is 22.4 Å². The second-order valence-electron chi connectivity index (χ2n) is 7.77. The number of carbonyl (C=O) groups excluding carboxylic acids is 1. The number of rotatable bonds is 9. The molecule has 34 heavy (non-hydrogen) atoms. The first-order valence-electron chi connectivity index (χ1n) is 10.5. The molecule has 0 aliphatic rings. The van der Waals surface area contributed by atoms with Crippen molar-refractivity contribution in [3.63, 3.8) is 0 Å². The highest BCUT2D eigenvalue weighted by Crippen LogP contribution is 2.34. The van der Waals surface area contributed by atoms with E-state index in [4.69, 9.17) is 6.42 Å². The largest absolute Gasteiger partial charge is 0.481 e. The molecule has 1 atom stereocenters. The van der Waals surface area contributed by atoms with Crippen LogP contribution in [0.2, 0.25) is 0 Å². The van der Waals surface area contributed by atoms with Crippen LogP contribution in [0.25, 0.3) is 10.8 Å². The highest BCUT2D eigenvalue weighted by molar-refractivity contribution is 7.92. The molecule has 0 heterocycles. The molecule has 0 saturated carbocycles. The summed E-state index contributed by atoms with van der Waals surface area (Å²) in [6.45, 7) is 3.35. The number of hydrogen-bond acceptors (Lipinski definition) is 5.